The van der Waals surface area contributed by atoms with Gasteiger partial charge in [-0.25, -0.2) is 0 Å². The zero-order chi connectivity index (χ0) is 20.1. The first-order valence-electron chi connectivity index (χ1n) is 11.2. The molecule has 1 aromatic carbocycles. The van der Waals surface area contributed by atoms with Gasteiger partial charge < -0.3 is 19.9 Å². The fourth-order valence-electron chi connectivity index (χ4n) is 4.38. The number of carbonyl (C=O) groups is 2. The number of likely N-dealkylation sites (tertiary alicyclic amines) is 2. The Hall–Kier alpha value is -1.79. The highest BCUT2D eigenvalue weighted by atomic mass is 35.5. The van der Waals surface area contributed by atoms with E-state index in [1.807, 2.05) is 35.2 Å². The van der Waals surface area contributed by atoms with Crippen LogP contribution in [0.2, 0.25) is 0 Å². The molecule has 2 saturated heterocycles. The van der Waals surface area contributed by atoms with E-state index in [0.29, 0.717) is 24.9 Å². The molecule has 1 aliphatic carbocycles. The average molecular weight is 436 g/mol. The Kier molecular flexibility index (Phi) is 8.40. The van der Waals surface area contributed by atoms with Gasteiger partial charge in [-0.2, -0.15) is 0 Å². The van der Waals surface area contributed by atoms with Crippen LogP contribution in [0.1, 0.15) is 38.5 Å². The second-order valence-electron chi connectivity index (χ2n) is 8.73. The van der Waals surface area contributed by atoms with Crippen LogP contribution in [0.25, 0.3) is 0 Å². The largest absolute Gasteiger partial charge is 0.484 e. The molecular weight excluding hydrogens is 402 g/mol. The molecule has 0 bridgehead atoms. The lowest BCUT2D eigenvalue weighted by Gasteiger charge is -2.38. The van der Waals surface area contributed by atoms with E-state index >= 15 is 0 Å². The summed E-state index contributed by atoms with van der Waals surface area (Å²) in [5.41, 5.74) is 0. The average Bonchev–Trinajstić information content (AvgIpc) is 3.61. The van der Waals surface area contributed by atoms with Crippen molar-refractivity contribution in [1.82, 2.24) is 15.1 Å². The molecule has 1 saturated carbocycles. The van der Waals surface area contributed by atoms with Crippen LogP contribution in [-0.2, 0) is 9.59 Å². The Balaban J connectivity index is 0.00000256. The number of rotatable bonds is 7. The number of halogens is 1. The summed E-state index contributed by atoms with van der Waals surface area (Å²) in [7, 11) is 0. The molecule has 1 unspecified atom stereocenters. The first-order chi connectivity index (χ1) is 14.2. The molecule has 2 amide bonds. The lowest BCUT2D eigenvalue weighted by Crippen LogP contribution is -2.51. The standard InChI is InChI=1S/C23H33N3O3.ClH/c27-22(17-29-21-6-2-1-3-7-21)26-12-4-5-19(16-26)23(28)25-13-10-20(11-14-25)24-15-18-8-9-18;/h1-3,6-7,18-20,24H,4-5,8-17H2;1H. The zero-order valence-electron chi connectivity index (χ0n) is 17.6. The van der Waals surface area contributed by atoms with E-state index in [-0.39, 0.29) is 36.7 Å². The number of hydrogen-bond acceptors (Lipinski definition) is 4. The maximum absolute atomic E-state index is 13.0. The number of piperidine rings is 2. The monoisotopic (exact) mass is 435 g/mol. The number of carbonyl (C=O) groups excluding carboxylic acids is 2. The van der Waals surface area contributed by atoms with Crippen molar-refractivity contribution in [2.75, 3.05) is 39.3 Å². The number of nitrogens with zero attached hydrogens (tertiary/aromatic N) is 2. The minimum absolute atomic E-state index is 0. The van der Waals surface area contributed by atoms with Gasteiger partial charge in [-0.05, 0) is 63.1 Å². The lowest BCUT2D eigenvalue weighted by atomic mass is 9.94. The summed E-state index contributed by atoms with van der Waals surface area (Å²) in [5, 5.41) is 3.67. The van der Waals surface area contributed by atoms with Gasteiger partial charge in [0.25, 0.3) is 5.91 Å². The fourth-order valence-corrected chi connectivity index (χ4v) is 4.38. The lowest BCUT2D eigenvalue weighted by molar-refractivity contribution is -0.142. The maximum atomic E-state index is 13.0. The van der Waals surface area contributed by atoms with Crippen LogP contribution < -0.4 is 10.1 Å². The van der Waals surface area contributed by atoms with Gasteiger partial charge in [0.05, 0.1) is 5.92 Å². The van der Waals surface area contributed by atoms with Crippen molar-refractivity contribution in [3.8, 4) is 5.75 Å². The quantitative estimate of drug-likeness (QED) is 0.715. The predicted molar refractivity (Wildman–Crippen MR) is 119 cm³/mol. The molecule has 30 heavy (non-hydrogen) atoms. The molecule has 3 aliphatic rings. The molecule has 0 aromatic heterocycles. The number of amides is 2. The van der Waals surface area contributed by atoms with E-state index in [1.54, 1.807) is 4.90 Å². The molecule has 3 fully saturated rings. The number of hydrogen-bond donors (Lipinski definition) is 1. The van der Waals surface area contributed by atoms with Crippen LogP contribution in [0.4, 0.5) is 0 Å². The number of benzene rings is 1. The van der Waals surface area contributed by atoms with Crippen LogP contribution in [0, 0.1) is 11.8 Å². The van der Waals surface area contributed by atoms with Crippen LogP contribution >= 0.6 is 12.4 Å². The summed E-state index contributed by atoms with van der Waals surface area (Å²) in [6, 6.07) is 9.94. The number of ether oxygens (including phenoxy) is 1. The highest BCUT2D eigenvalue weighted by Crippen LogP contribution is 2.28. The summed E-state index contributed by atoms with van der Waals surface area (Å²) in [4.78, 5) is 29.4. The first-order valence-corrected chi connectivity index (χ1v) is 11.2. The summed E-state index contributed by atoms with van der Waals surface area (Å²) in [6.07, 6.45) is 6.58. The molecule has 0 radical (unpaired) electrons. The molecule has 0 spiro atoms. The topological polar surface area (TPSA) is 61.9 Å². The number of nitrogens with one attached hydrogen (secondary N) is 1. The SMILES string of the molecule is Cl.O=C(COc1ccccc1)N1CCCC(C(=O)N2CCC(NCC3CC3)CC2)C1. The van der Waals surface area contributed by atoms with E-state index in [0.717, 1.165) is 51.2 Å². The third kappa shape index (κ3) is 6.35. The van der Waals surface area contributed by atoms with Crippen molar-refractivity contribution < 1.29 is 14.3 Å². The van der Waals surface area contributed by atoms with E-state index < -0.39 is 0 Å². The minimum Gasteiger partial charge on any atom is -0.484 e. The van der Waals surface area contributed by atoms with E-state index in [2.05, 4.69) is 5.32 Å². The van der Waals surface area contributed by atoms with Gasteiger partial charge in [-0.3, -0.25) is 9.59 Å². The van der Waals surface area contributed by atoms with E-state index in [1.165, 1.54) is 12.8 Å². The Bertz CT molecular complexity index is 690. The molecule has 2 heterocycles. The molecule has 4 rings (SSSR count). The maximum Gasteiger partial charge on any atom is 0.260 e. The minimum atomic E-state index is -0.0691. The van der Waals surface area contributed by atoms with Crippen molar-refractivity contribution in [1.29, 1.82) is 0 Å². The normalized spacial score (nSPS) is 22.3. The molecule has 166 valence electrons. The van der Waals surface area contributed by atoms with Crippen molar-refractivity contribution in [2.24, 2.45) is 11.8 Å². The summed E-state index contributed by atoms with van der Waals surface area (Å²) < 4.78 is 5.60. The highest BCUT2D eigenvalue weighted by Gasteiger charge is 2.33. The second-order valence-corrected chi connectivity index (χ2v) is 8.73. The van der Waals surface area contributed by atoms with Gasteiger partial charge in [0.2, 0.25) is 5.91 Å². The Labute approximate surface area is 185 Å². The second kappa shape index (κ2) is 11.0. The van der Waals surface area contributed by atoms with Crippen LogP contribution in [0.15, 0.2) is 30.3 Å². The first kappa shape index (κ1) is 22.9. The van der Waals surface area contributed by atoms with E-state index in [4.69, 9.17) is 4.74 Å². The van der Waals surface area contributed by atoms with Crippen LogP contribution in [0.5, 0.6) is 5.75 Å². The van der Waals surface area contributed by atoms with Gasteiger partial charge in [-0.1, -0.05) is 18.2 Å². The summed E-state index contributed by atoms with van der Waals surface area (Å²) in [5.74, 6) is 1.72. The van der Waals surface area contributed by atoms with Crippen molar-refractivity contribution >= 4 is 24.2 Å². The van der Waals surface area contributed by atoms with Gasteiger partial charge in [0.1, 0.15) is 5.75 Å². The van der Waals surface area contributed by atoms with Crippen LogP contribution in [0.3, 0.4) is 0 Å². The fraction of sp³-hybridized carbons (Fsp3) is 0.652. The van der Waals surface area contributed by atoms with Crippen LogP contribution in [-0.4, -0.2) is 67.0 Å². The number of para-hydroxylation sites is 1. The Morgan fingerprint density at radius 3 is 2.40 bits per heavy atom. The molecule has 6 nitrogen and oxygen atoms in total. The third-order valence-electron chi connectivity index (χ3n) is 6.43. The van der Waals surface area contributed by atoms with E-state index in [9.17, 15) is 9.59 Å². The zero-order valence-corrected chi connectivity index (χ0v) is 18.4. The summed E-state index contributed by atoms with van der Waals surface area (Å²) >= 11 is 0. The molecule has 1 N–H and O–H groups in total. The van der Waals surface area contributed by atoms with Gasteiger partial charge in [0, 0.05) is 32.2 Å². The predicted octanol–water partition coefficient (Wildman–Crippen LogP) is 2.72. The molecular formula is C23H34ClN3O3. The van der Waals surface area contributed by atoms with Crippen molar-refractivity contribution in [3.05, 3.63) is 30.3 Å². The summed E-state index contributed by atoms with van der Waals surface area (Å²) in [6.45, 7) is 4.08. The molecule has 1 aromatic rings. The molecule has 7 heteroatoms. The molecule has 1 atom stereocenters. The Morgan fingerprint density at radius 2 is 1.70 bits per heavy atom. The van der Waals surface area contributed by atoms with Gasteiger partial charge in [0.15, 0.2) is 6.61 Å². The third-order valence-corrected chi connectivity index (χ3v) is 6.43. The smallest absolute Gasteiger partial charge is 0.260 e. The van der Waals surface area contributed by atoms with Gasteiger partial charge >= 0.3 is 0 Å². The Morgan fingerprint density at radius 1 is 0.967 bits per heavy atom. The highest BCUT2D eigenvalue weighted by molar-refractivity contribution is 5.85. The molecule has 2 aliphatic heterocycles. The van der Waals surface area contributed by atoms with Gasteiger partial charge in [-0.15, -0.1) is 12.4 Å². The van der Waals surface area contributed by atoms with Crippen molar-refractivity contribution in [3.63, 3.8) is 0 Å². The van der Waals surface area contributed by atoms with Crippen molar-refractivity contribution in [2.45, 2.75) is 44.6 Å².